The maximum atomic E-state index is 8.63. The fraction of sp³-hybridized carbons (Fsp3) is 0. The Morgan fingerprint density at radius 2 is 1.62 bits per heavy atom. The fourth-order valence-corrected chi connectivity index (χ4v) is 0.428. The van der Waals surface area contributed by atoms with Crippen molar-refractivity contribution in [2.24, 2.45) is 0 Å². The maximum Gasteiger partial charge on any atom is 2.00 e. The van der Waals surface area contributed by atoms with E-state index in [4.69, 9.17) is 5.11 Å². The molecule has 8 heavy (non-hydrogen) atoms. The van der Waals surface area contributed by atoms with E-state index in [1.54, 1.807) is 24.3 Å². The first-order chi connectivity index (χ1) is 3.39. The monoisotopic (exact) mass is 198 g/mol. The van der Waals surface area contributed by atoms with Gasteiger partial charge in [0.15, 0.2) is 0 Å². The summed E-state index contributed by atoms with van der Waals surface area (Å²) < 4.78 is 0. The quantitative estimate of drug-likeness (QED) is 0.626. The largest absolute Gasteiger partial charge is 2.00 e. The summed E-state index contributed by atoms with van der Waals surface area (Å²) in [7, 11) is 0. The van der Waals surface area contributed by atoms with Crippen molar-refractivity contribution < 1.29 is 27.4 Å². The van der Waals surface area contributed by atoms with Gasteiger partial charge < -0.3 is 7.96 Å². The van der Waals surface area contributed by atoms with Crippen LogP contribution in [-0.2, 0) is 19.5 Å². The Bertz CT molecular complexity index is 146. The third kappa shape index (κ3) is 2.08. The van der Waals surface area contributed by atoms with Gasteiger partial charge in [0.1, 0.15) is 5.75 Å². The summed E-state index contributed by atoms with van der Waals surface area (Å²) in [5, 5.41) is 8.63. The standard InChI is InChI=1S/C6H6O.Ru.2H/c7-6-4-2-1-3-5-6;;;/h1-5,7H;;;/q;+2;2*-1. The Morgan fingerprint density at radius 1 is 1.12 bits per heavy atom. The van der Waals surface area contributed by atoms with Crippen LogP contribution >= 0.6 is 0 Å². The molecule has 0 unspecified atom stereocenters. The third-order valence-electron chi connectivity index (χ3n) is 0.756. The van der Waals surface area contributed by atoms with Crippen molar-refractivity contribution >= 4 is 0 Å². The molecule has 0 saturated carbocycles. The normalized spacial score (nSPS) is 7.50. The summed E-state index contributed by atoms with van der Waals surface area (Å²) in [6, 6.07) is 8.71. The fourth-order valence-electron chi connectivity index (χ4n) is 0.428. The molecule has 2 heteroatoms. The molecule has 0 heterocycles. The first kappa shape index (κ1) is 7.64. The number of benzene rings is 1. The van der Waals surface area contributed by atoms with E-state index in [9.17, 15) is 0 Å². The second kappa shape index (κ2) is 3.62. The number of hydrogen-bond donors (Lipinski definition) is 1. The molecule has 0 fully saturated rings. The van der Waals surface area contributed by atoms with Crippen molar-refractivity contribution in [3.8, 4) is 5.75 Å². The van der Waals surface area contributed by atoms with Gasteiger partial charge in [0.25, 0.3) is 0 Å². The molecule has 0 radical (unpaired) electrons. The number of phenols is 1. The number of hydrogen-bond acceptors (Lipinski definition) is 1. The second-order valence-electron chi connectivity index (χ2n) is 1.34. The van der Waals surface area contributed by atoms with Gasteiger partial charge in [0.2, 0.25) is 0 Å². The van der Waals surface area contributed by atoms with Gasteiger partial charge in [-0.2, -0.15) is 0 Å². The molecular formula is C6H8ORu. The first-order valence-corrected chi connectivity index (χ1v) is 2.13. The molecule has 0 bridgehead atoms. The van der Waals surface area contributed by atoms with Crippen LogP contribution in [0.2, 0.25) is 0 Å². The van der Waals surface area contributed by atoms with E-state index in [0.717, 1.165) is 0 Å². The summed E-state index contributed by atoms with van der Waals surface area (Å²) in [5.74, 6) is 0.322. The van der Waals surface area contributed by atoms with Gasteiger partial charge >= 0.3 is 19.5 Å². The summed E-state index contributed by atoms with van der Waals surface area (Å²) in [6.45, 7) is 0. The van der Waals surface area contributed by atoms with Crippen LogP contribution in [0.4, 0.5) is 0 Å². The molecule has 46 valence electrons. The summed E-state index contributed by atoms with van der Waals surface area (Å²) >= 11 is 0. The zero-order valence-corrected chi connectivity index (χ0v) is 5.93. The summed E-state index contributed by atoms with van der Waals surface area (Å²) in [5.41, 5.74) is 0. The molecule has 0 aliphatic rings. The Balaban J connectivity index is -0.000000163. The van der Waals surface area contributed by atoms with E-state index in [1.165, 1.54) is 0 Å². The predicted octanol–water partition coefficient (Wildman–Crippen LogP) is 1.61. The van der Waals surface area contributed by atoms with Crippen molar-refractivity contribution in [3.63, 3.8) is 0 Å². The van der Waals surface area contributed by atoms with E-state index in [2.05, 4.69) is 0 Å². The van der Waals surface area contributed by atoms with E-state index in [1.807, 2.05) is 6.07 Å². The van der Waals surface area contributed by atoms with Gasteiger partial charge in [0, 0.05) is 0 Å². The minimum absolute atomic E-state index is 0. The molecule has 1 aromatic rings. The molecule has 0 aromatic heterocycles. The number of aromatic hydroxyl groups is 1. The molecule has 0 spiro atoms. The average molecular weight is 197 g/mol. The number of rotatable bonds is 0. The van der Waals surface area contributed by atoms with Crippen LogP contribution < -0.4 is 0 Å². The minimum atomic E-state index is 0. The van der Waals surface area contributed by atoms with Crippen LogP contribution in [0.15, 0.2) is 30.3 Å². The first-order valence-electron chi connectivity index (χ1n) is 2.13. The molecule has 0 aliphatic carbocycles. The SMILES string of the molecule is Oc1ccccc1.[H-].[H-].[Ru+2]. The van der Waals surface area contributed by atoms with E-state index < -0.39 is 0 Å². The van der Waals surface area contributed by atoms with Crippen LogP contribution in [0.25, 0.3) is 0 Å². The Kier molecular flexibility index (Phi) is 3.46. The predicted molar refractivity (Wildman–Crippen MR) is 30.3 cm³/mol. The Labute approximate surface area is 64.1 Å². The van der Waals surface area contributed by atoms with E-state index in [-0.39, 0.29) is 22.3 Å². The van der Waals surface area contributed by atoms with Gasteiger partial charge in [-0.05, 0) is 12.1 Å². The molecule has 1 aromatic carbocycles. The molecular weight excluding hydrogens is 189 g/mol. The maximum absolute atomic E-state index is 8.63. The molecule has 0 atom stereocenters. The zero-order valence-electron chi connectivity index (χ0n) is 6.19. The van der Waals surface area contributed by atoms with E-state index in [0.29, 0.717) is 5.75 Å². The van der Waals surface area contributed by atoms with Crippen LogP contribution in [-0.4, -0.2) is 5.11 Å². The van der Waals surface area contributed by atoms with Crippen molar-refractivity contribution in [2.45, 2.75) is 0 Å². The minimum Gasteiger partial charge on any atom is -1.00 e. The van der Waals surface area contributed by atoms with Gasteiger partial charge in [-0.25, -0.2) is 0 Å². The molecule has 0 aliphatic heterocycles. The van der Waals surface area contributed by atoms with Crippen molar-refractivity contribution in [1.82, 2.24) is 0 Å². The van der Waals surface area contributed by atoms with Crippen LogP contribution in [0.5, 0.6) is 5.75 Å². The molecule has 0 amide bonds. The molecule has 0 saturated heterocycles. The van der Waals surface area contributed by atoms with Crippen molar-refractivity contribution in [3.05, 3.63) is 30.3 Å². The molecule has 1 N–H and O–H groups in total. The third-order valence-corrected chi connectivity index (χ3v) is 0.756. The zero-order chi connectivity index (χ0) is 5.11. The van der Waals surface area contributed by atoms with Gasteiger partial charge in [0.05, 0.1) is 0 Å². The van der Waals surface area contributed by atoms with Crippen LogP contribution in [0.3, 0.4) is 0 Å². The van der Waals surface area contributed by atoms with Gasteiger partial charge in [-0.3, -0.25) is 0 Å². The van der Waals surface area contributed by atoms with Gasteiger partial charge in [-0.1, -0.05) is 18.2 Å². The Morgan fingerprint density at radius 3 is 1.88 bits per heavy atom. The van der Waals surface area contributed by atoms with Crippen LogP contribution in [0, 0.1) is 0 Å². The Hall–Kier alpha value is -0.357. The summed E-state index contributed by atoms with van der Waals surface area (Å²) in [4.78, 5) is 0. The van der Waals surface area contributed by atoms with E-state index >= 15 is 0 Å². The molecule has 1 nitrogen and oxygen atoms in total. The second-order valence-corrected chi connectivity index (χ2v) is 1.34. The smallest absolute Gasteiger partial charge is 1.00 e. The number of para-hydroxylation sites is 1. The van der Waals surface area contributed by atoms with Gasteiger partial charge in [-0.15, -0.1) is 0 Å². The topological polar surface area (TPSA) is 20.2 Å². The van der Waals surface area contributed by atoms with Crippen molar-refractivity contribution in [2.75, 3.05) is 0 Å². The number of phenolic OH excluding ortho intramolecular Hbond substituents is 1. The average Bonchev–Trinajstić information content (AvgIpc) is 1.69. The summed E-state index contributed by atoms with van der Waals surface area (Å²) in [6.07, 6.45) is 0. The van der Waals surface area contributed by atoms with Crippen LogP contribution in [0.1, 0.15) is 2.85 Å². The molecule has 1 rings (SSSR count). The van der Waals surface area contributed by atoms with Crippen molar-refractivity contribution in [1.29, 1.82) is 0 Å².